The van der Waals surface area contributed by atoms with E-state index in [-0.39, 0.29) is 11.1 Å². The number of carboxylic acid groups (broad SMARTS) is 4. The predicted molar refractivity (Wildman–Crippen MR) is 149 cm³/mol. The summed E-state index contributed by atoms with van der Waals surface area (Å²) in [4.78, 5) is 98.6. The van der Waals surface area contributed by atoms with E-state index in [0.29, 0.717) is 12.2 Å². The van der Waals surface area contributed by atoms with Crippen molar-refractivity contribution in [1.29, 1.82) is 0 Å². The fourth-order valence-corrected chi connectivity index (χ4v) is 4.37. The number of carbonyl (C=O) groups is 8. The van der Waals surface area contributed by atoms with Crippen LogP contribution in [0.3, 0.4) is 0 Å². The largest absolute Gasteiger partial charge is 0.480 e. The van der Waals surface area contributed by atoms with Crippen LogP contribution in [0.25, 0.3) is 0 Å². The summed E-state index contributed by atoms with van der Waals surface area (Å²) in [5.41, 5.74) is -6.37. The van der Waals surface area contributed by atoms with E-state index in [9.17, 15) is 58.8 Å². The number of esters is 4. The highest BCUT2D eigenvalue weighted by Crippen LogP contribution is 2.39. The van der Waals surface area contributed by atoms with Crippen LogP contribution in [0.1, 0.15) is 27.7 Å². The van der Waals surface area contributed by atoms with Crippen molar-refractivity contribution in [2.24, 2.45) is 22.7 Å². The SMILES string of the molecule is C=C(C)C(=O)OC(C)C1(C(=O)O)C=CC(C(=O)OC(=O)C2C=CC(C(=O)O)(C(C)OC(=O)C(=C)C)C=C2C(=O)O)C(C(=O)O)=C1. The van der Waals surface area contributed by atoms with Gasteiger partial charge in [-0.1, -0.05) is 37.5 Å². The Morgan fingerprint density at radius 2 is 0.978 bits per heavy atom. The zero-order valence-corrected chi connectivity index (χ0v) is 24.5. The van der Waals surface area contributed by atoms with Gasteiger partial charge in [0, 0.05) is 11.1 Å². The number of ether oxygens (including phenoxy) is 3. The molecule has 45 heavy (non-hydrogen) atoms. The molecule has 0 aromatic rings. The maximum atomic E-state index is 13.0. The molecule has 0 aliphatic heterocycles. The van der Waals surface area contributed by atoms with Crippen molar-refractivity contribution in [3.8, 4) is 0 Å². The Hall–Kier alpha value is -5.60. The van der Waals surface area contributed by atoms with Crippen LogP contribution in [0.4, 0.5) is 0 Å². The molecule has 0 radical (unpaired) electrons. The predicted octanol–water partition coefficient (Wildman–Crippen LogP) is 1.61. The van der Waals surface area contributed by atoms with Crippen molar-refractivity contribution in [1.82, 2.24) is 0 Å². The number of rotatable bonds is 12. The fraction of sp³-hybridized carbons (Fsp3) is 0.333. The fourth-order valence-electron chi connectivity index (χ4n) is 4.37. The van der Waals surface area contributed by atoms with Gasteiger partial charge in [-0.2, -0.15) is 0 Å². The van der Waals surface area contributed by atoms with Crippen molar-refractivity contribution < 1.29 is 73.0 Å². The molecular weight excluding hydrogens is 600 g/mol. The molecule has 15 nitrogen and oxygen atoms in total. The maximum Gasteiger partial charge on any atom is 0.333 e. The van der Waals surface area contributed by atoms with Crippen LogP contribution in [0.2, 0.25) is 0 Å². The molecule has 0 spiro atoms. The standard InChI is InChI=1S/C30H30O15/c1-13(2)23(35)43-15(5)29(27(39)40)9-7-17(19(11-29)21(31)32)25(37)45-26(38)18-8-10-30(28(41)42,12-20(18)22(33)34)16(6)44-24(36)14(3)4/h7-12,15-18H,1,3H2,2,4-6H3,(H,31,32)(H,33,34)(H,39,40)(H,41,42). The number of carboxylic acids is 4. The third-order valence-corrected chi connectivity index (χ3v) is 7.14. The van der Waals surface area contributed by atoms with Gasteiger partial charge in [0.2, 0.25) is 0 Å². The lowest BCUT2D eigenvalue weighted by molar-refractivity contribution is -0.165. The molecule has 0 aromatic carbocycles. The van der Waals surface area contributed by atoms with Crippen molar-refractivity contribution in [3.63, 3.8) is 0 Å². The van der Waals surface area contributed by atoms with Crippen LogP contribution in [0, 0.1) is 22.7 Å². The highest BCUT2D eigenvalue weighted by molar-refractivity contribution is 6.04. The highest BCUT2D eigenvalue weighted by Gasteiger charge is 2.50. The van der Waals surface area contributed by atoms with Gasteiger partial charge < -0.3 is 34.6 Å². The third kappa shape index (κ3) is 7.14. The van der Waals surface area contributed by atoms with Crippen LogP contribution in [0.5, 0.6) is 0 Å². The van der Waals surface area contributed by atoms with Gasteiger partial charge in [0.25, 0.3) is 0 Å². The van der Waals surface area contributed by atoms with Gasteiger partial charge in [-0.15, -0.1) is 0 Å². The molecule has 0 heterocycles. The van der Waals surface area contributed by atoms with Gasteiger partial charge >= 0.3 is 47.8 Å². The molecular formula is C30H30O15. The zero-order chi connectivity index (χ0) is 34.6. The average Bonchev–Trinajstić information content (AvgIpc) is 2.95. The van der Waals surface area contributed by atoms with Gasteiger partial charge in [-0.05, 0) is 39.8 Å². The van der Waals surface area contributed by atoms with Crippen LogP contribution in [-0.4, -0.2) is 80.4 Å². The van der Waals surface area contributed by atoms with Gasteiger partial charge in [-0.25, -0.2) is 19.2 Å². The Kier molecular flexibility index (Phi) is 10.6. The Labute approximate surface area is 255 Å². The summed E-state index contributed by atoms with van der Waals surface area (Å²) in [6.07, 6.45) is 1.71. The molecule has 2 aliphatic rings. The van der Waals surface area contributed by atoms with Gasteiger partial charge in [0.05, 0.1) is 11.1 Å². The first-order valence-electron chi connectivity index (χ1n) is 13.0. The second kappa shape index (κ2) is 13.4. The Balaban J connectivity index is 2.43. The second-order valence-corrected chi connectivity index (χ2v) is 10.4. The highest BCUT2D eigenvalue weighted by atomic mass is 16.6. The van der Waals surface area contributed by atoms with E-state index in [0.717, 1.165) is 24.3 Å². The Morgan fingerprint density at radius 3 is 1.22 bits per heavy atom. The van der Waals surface area contributed by atoms with E-state index in [1.807, 2.05) is 0 Å². The van der Waals surface area contributed by atoms with Crippen LogP contribution in [-0.2, 0) is 52.6 Å². The molecule has 0 aromatic heterocycles. The maximum absolute atomic E-state index is 13.0. The van der Waals surface area contributed by atoms with E-state index in [1.54, 1.807) is 0 Å². The summed E-state index contributed by atoms with van der Waals surface area (Å²) in [5, 5.41) is 39.4. The van der Waals surface area contributed by atoms with E-state index in [2.05, 4.69) is 13.2 Å². The molecule has 4 N–H and O–H groups in total. The van der Waals surface area contributed by atoms with E-state index >= 15 is 0 Å². The summed E-state index contributed by atoms with van der Waals surface area (Å²) in [6.45, 7) is 11.7. The molecule has 6 unspecified atom stereocenters. The second-order valence-electron chi connectivity index (χ2n) is 10.4. The quantitative estimate of drug-likeness (QED) is 0.0786. The van der Waals surface area contributed by atoms with Crippen LogP contribution >= 0.6 is 0 Å². The van der Waals surface area contributed by atoms with Crippen LogP contribution in [0.15, 0.2) is 71.9 Å². The lowest BCUT2D eigenvalue weighted by Crippen LogP contribution is -2.44. The molecule has 0 bridgehead atoms. The van der Waals surface area contributed by atoms with E-state index < -0.39 is 93.8 Å². The molecule has 15 heteroatoms. The minimum absolute atomic E-state index is 0.0703. The average molecular weight is 631 g/mol. The van der Waals surface area contributed by atoms with Gasteiger partial charge in [-0.3, -0.25) is 19.2 Å². The van der Waals surface area contributed by atoms with Crippen molar-refractivity contribution in [2.45, 2.75) is 39.9 Å². The first kappa shape index (κ1) is 35.6. The number of carbonyl (C=O) groups excluding carboxylic acids is 4. The lowest BCUT2D eigenvalue weighted by Gasteiger charge is -2.34. The first-order valence-corrected chi connectivity index (χ1v) is 13.0. The first-order chi connectivity index (χ1) is 20.7. The van der Waals surface area contributed by atoms with Crippen molar-refractivity contribution >= 4 is 47.8 Å². The molecule has 6 atom stereocenters. The lowest BCUT2D eigenvalue weighted by atomic mass is 9.74. The summed E-state index contributed by atoms with van der Waals surface area (Å²) in [7, 11) is 0. The number of aliphatic carboxylic acids is 4. The van der Waals surface area contributed by atoms with Crippen molar-refractivity contribution in [3.05, 3.63) is 71.9 Å². The summed E-state index contributed by atoms with van der Waals surface area (Å²) >= 11 is 0. The molecule has 0 saturated carbocycles. The smallest absolute Gasteiger partial charge is 0.333 e. The molecule has 0 fully saturated rings. The number of hydrogen-bond acceptors (Lipinski definition) is 11. The Morgan fingerprint density at radius 1 is 0.667 bits per heavy atom. The normalized spacial score (nSPS) is 24.9. The van der Waals surface area contributed by atoms with Crippen molar-refractivity contribution in [2.75, 3.05) is 0 Å². The minimum Gasteiger partial charge on any atom is -0.480 e. The van der Waals surface area contributed by atoms with Gasteiger partial charge in [0.15, 0.2) is 0 Å². The number of hydrogen-bond donors (Lipinski definition) is 4. The Bertz CT molecular complexity index is 1410. The summed E-state index contributed by atoms with van der Waals surface area (Å²) in [5.74, 6) is -15.6. The molecule has 2 aliphatic carbocycles. The van der Waals surface area contributed by atoms with E-state index in [1.165, 1.54) is 27.7 Å². The summed E-state index contributed by atoms with van der Waals surface area (Å²) in [6, 6.07) is 0. The third-order valence-electron chi connectivity index (χ3n) is 7.14. The zero-order valence-electron chi connectivity index (χ0n) is 24.5. The van der Waals surface area contributed by atoms with E-state index in [4.69, 9.17) is 14.2 Å². The van der Waals surface area contributed by atoms with Crippen LogP contribution < -0.4 is 0 Å². The monoisotopic (exact) mass is 630 g/mol. The molecule has 0 saturated heterocycles. The molecule has 2 rings (SSSR count). The summed E-state index contributed by atoms with van der Waals surface area (Å²) < 4.78 is 14.9. The van der Waals surface area contributed by atoms with Gasteiger partial charge in [0.1, 0.15) is 34.9 Å². The minimum atomic E-state index is -2.25. The molecule has 0 amide bonds. The molecule has 240 valence electrons. The topological polar surface area (TPSA) is 245 Å².